The van der Waals surface area contributed by atoms with Gasteiger partial charge in [-0.1, -0.05) is 6.07 Å². The van der Waals surface area contributed by atoms with Gasteiger partial charge in [-0.15, -0.1) is 0 Å². The van der Waals surface area contributed by atoms with E-state index in [1.54, 1.807) is 30.7 Å². The molecule has 0 aliphatic carbocycles. The molecular weight excluding hydrogens is 358 g/mol. The third kappa shape index (κ3) is 4.03. The Morgan fingerprint density at radius 3 is 2.25 bits per heavy atom. The van der Waals surface area contributed by atoms with Crippen LogP contribution in [0.4, 0.5) is 0 Å². The van der Waals surface area contributed by atoms with Gasteiger partial charge in [-0.05, 0) is 35.9 Å². The van der Waals surface area contributed by atoms with Crippen LogP contribution in [0.2, 0.25) is 0 Å². The minimum Gasteiger partial charge on any atom is -0.493 e. The summed E-state index contributed by atoms with van der Waals surface area (Å²) in [5, 5.41) is 2.92. The maximum atomic E-state index is 12.7. The number of hydrogen-bond acceptors (Lipinski definition) is 6. The van der Waals surface area contributed by atoms with E-state index in [1.165, 1.54) is 21.3 Å². The second-order valence-electron chi connectivity index (χ2n) is 5.84. The Kier molecular flexibility index (Phi) is 6.06. The van der Waals surface area contributed by atoms with E-state index in [2.05, 4.69) is 15.3 Å². The Balaban J connectivity index is 1.82. The van der Waals surface area contributed by atoms with Crippen LogP contribution in [-0.4, -0.2) is 37.2 Å². The first-order chi connectivity index (χ1) is 13.7. The zero-order valence-electron chi connectivity index (χ0n) is 15.9. The average Bonchev–Trinajstić information content (AvgIpc) is 2.77. The van der Waals surface area contributed by atoms with Gasteiger partial charge in [-0.25, -0.2) is 0 Å². The van der Waals surface area contributed by atoms with E-state index in [0.717, 1.165) is 16.8 Å². The zero-order valence-corrected chi connectivity index (χ0v) is 15.9. The summed E-state index contributed by atoms with van der Waals surface area (Å²) in [5.41, 5.74) is 3.04. The van der Waals surface area contributed by atoms with E-state index in [4.69, 9.17) is 14.2 Å². The first kappa shape index (κ1) is 19.2. The summed E-state index contributed by atoms with van der Waals surface area (Å²) in [6.45, 7) is 0.320. The number of ether oxygens (including phenoxy) is 3. The fourth-order valence-corrected chi connectivity index (χ4v) is 2.84. The maximum Gasteiger partial charge on any atom is 0.251 e. The SMILES string of the molecule is COc1cc(C(=O)NCc2cccnc2-c2ccncc2)cc(OC)c1OC. The van der Waals surface area contributed by atoms with Gasteiger partial charge in [-0.2, -0.15) is 0 Å². The lowest BCUT2D eigenvalue weighted by Gasteiger charge is -2.14. The number of pyridine rings is 2. The predicted octanol–water partition coefficient (Wildman–Crippen LogP) is 3.10. The minimum absolute atomic E-state index is 0.260. The van der Waals surface area contributed by atoms with Crippen LogP contribution in [0, 0.1) is 0 Å². The minimum atomic E-state index is -0.260. The molecule has 0 saturated heterocycles. The fourth-order valence-electron chi connectivity index (χ4n) is 2.84. The normalized spacial score (nSPS) is 10.2. The Bertz CT molecular complexity index is 936. The monoisotopic (exact) mass is 379 g/mol. The molecule has 1 amide bonds. The molecule has 0 fully saturated rings. The van der Waals surface area contributed by atoms with Gasteiger partial charge in [-0.3, -0.25) is 14.8 Å². The predicted molar refractivity (Wildman–Crippen MR) is 105 cm³/mol. The quantitative estimate of drug-likeness (QED) is 0.679. The van der Waals surface area contributed by atoms with Crippen molar-refractivity contribution >= 4 is 5.91 Å². The van der Waals surface area contributed by atoms with E-state index < -0.39 is 0 Å². The van der Waals surface area contributed by atoms with Crippen molar-refractivity contribution in [2.24, 2.45) is 0 Å². The number of nitrogens with zero attached hydrogens (tertiary/aromatic N) is 2. The van der Waals surface area contributed by atoms with Gasteiger partial charge in [0, 0.05) is 36.3 Å². The van der Waals surface area contributed by atoms with Crippen LogP contribution in [-0.2, 0) is 6.54 Å². The molecule has 0 unspecified atom stereocenters. The van der Waals surface area contributed by atoms with Crippen LogP contribution in [0.1, 0.15) is 15.9 Å². The van der Waals surface area contributed by atoms with Crippen LogP contribution >= 0.6 is 0 Å². The zero-order chi connectivity index (χ0) is 19.9. The van der Waals surface area contributed by atoms with Crippen molar-refractivity contribution in [3.63, 3.8) is 0 Å². The van der Waals surface area contributed by atoms with Crippen molar-refractivity contribution in [3.05, 3.63) is 66.1 Å². The van der Waals surface area contributed by atoms with E-state index >= 15 is 0 Å². The summed E-state index contributed by atoms with van der Waals surface area (Å²) in [5.74, 6) is 1.02. The lowest BCUT2D eigenvalue weighted by atomic mass is 10.1. The Hall–Kier alpha value is -3.61. The lowest BCUT2D eigenvalue weighted by Crippen LogP contribution is -2.23. The Labute approximate surface area is 163 Å². The first-order valence-electron chi connectivity index (χ1n) is 8.60. The molecule has 144 valence electrons. The number of rotatable bonds is 7. The van der Waals surface area contributed by atoms with E-state index in [-0.39, 0.29) is 5.91 Å². The van der Waals surface area contributed by atoms with Gasteiger partial charge in [0.1, 0.15) is 0 Å². The molecule has 0 spiro atoms. The van der Waals surface area contributed by atoms with Crippen molar-refractivity contribution in [2.45, 2.75) is 6.54 Å². The first-order valence-corrected chi connectivity index (χ1v) is 8.60. The fraction of sp³-hybridized carbons (Fsp3) is 0.190. The molecule has 0 bridgehead atoms. The van der Waals surface area contributed by atoms with Crippen LogP contribution in [0.25, 0.3) is 11.3 Å². The molecule has 1 aromatic carbocycles. The number of nitrogens with one attached hydrogen (secondary N) is 1. The molecule has 0 atom stereocenters. The van der Waals surface area contributed by atoms with E-state index in [1.807, 2.05) is 24.3 Å². The van der Waals surface area contributed by atoms with Gasteiger partial charge < -0.3 is 19.5 Å². The smallest absolute Gasteiger partial charge is 0.251 e. The molecule has 0 radical (unpaired) electrons. The third-order valence-corrected chi connectivity index (χ3v) is 4.21. The molecule has 28 heavy (non-hydrogen) atoms. The van der Waals surface area contributed by atoms with Crippen LogP contribution < -0.4 is 19.5 Å². The summed E-state index contributed by atoms with van der Waals surface area (Å²) in [6, 6.07) is 10.8. The van der Waals surface area contributed by atoms with Gasteiger partial charge in [0.2, 0.25) is 5.75 Å². The molecule has 7 nitrogen and oxygen atoms in total. The maximum absolute atomic E-state index is 12.7. The van der Waals surface area contributed by atoms with Crippen molar-refractivity contribution in [2.75, 3.05) is 21.3 Å². The third-order valence-electron chi connectivity index (χ3n) is 4.21. The number of methoxy groups -OCH3 is 3. The number of hydrogen-bond donors (Lipinski definition) is 1. The van der Waals surface area contributed by atoms with Gasteiger partial charge in [0.05, 0.1) is 27.0 Å². The molecule has 3 rings (SSSR count). The standard InChI is InChI=1S/C21H21N3O4/c1-26-17-11-16(12-18(27-2)20(17)28-3)21(25)24-13-15-5-4-8-23-19(15)14-6-9-22-10-7-14/h4-12H,13H2,1-3H3,(H,24,25). The molecule has 0 aliphatic heterocycles. The average molecular weight is 379 g/mol. The molecule has 0 aliphatic rings. The van der Waals surface area contributed by atoms with Crippen LogP contribution in [0.15, 0.2) is 55.0 Å². The highest BCUT2D eigenvalue weighted by Crippen LogP contribution is 2.38. The molecule has 7 heteroatoms. The number of carbonyl (C=O) groups excluding carboxylic acids is 1. The highest BCUT2D eigenvalue weighted by Gasteiger charge is 2.17. The summed E-state index contributed by atoms with van der Waals surface area (Å²) >= 11 is 0. The van der Waals surface area contributed by atoms with E-state index in [9.17, 15) is 4.79 Å². The molecule has 2 aromatic heterocycles. The Morgan fingerprint density at radius 2 is 1.64 bits per heavy atom. The summed E-state index contributed by atoms with van der Waals surface area (Å²) in [4.78, 5) is 21.2. The van der Waals surface area contributed by atoms with Crippen LogP contribution in [0.5, 0.6) is 17.2 Å². The highest BCUT2D eigenvalue weighted by molar-refractivity contribution is 5.95. The second-order valence-corrected chi connectivity index (χ2v) is 5.84. The molecular formula is C21H21N3O4. The Morgan fingerprint density at radius 1 is 0.964 bits per heavy atom. The van der Waals surface area contributed by atoms with Gasteiger partial charge in [0.25, 0.3) is 5.91 Å². The number of benzene rings is 1. The number of aromatic nitrogens is 2. The topological polar surface area (TPSA) is 82.6 Å². The molecule has 2 heterocycles. The second kappa shape index (κ2) is 8.85. The summed E-state index contributed by atoms with van der Waals surface area (Å²) in [7, 11) is 4.54. The van der Waals surface area contributed by atoms with E-state index in [0.29, 0.717) is 29.4 Å². The van der Waals surface area contributed by atoms with Crippen molar-refractivity contribution in [1.82, 2.24) is 15.3 Å². The lowest BCUT2D eigenvalue weighted by molar-refractivity contribution is 0.0950. The largest absolute Gasteiger partial charge is 0.493 e. The summed E-state index contributed by atoms with van der Waals surface area (Å²) < 4.78 is 15.9. The van der Waals surface area contributed by atoms with Crippen molar-refractivity contribution < 1.29 is 19.0 Å². The highest BCUT2D eigenvalue weighted by atomic mass is 16.5. The van der Waals surface area contributed by atoms with Crippen molar-refractivity contribution in [3.8, 4) is 28.5 Å². The molecule has 1 N–H and O–H groups in total. The number of carbonyl (C=O) groups is 1. The van der Waals surface area contributed by atoms with Crippen LogP contribution in [0.3, 0.4) is 0 Å². The number of amides is 1. The molecule has 3 aromatic rings. The van der Waals surface area contributed by atoms with Gasteiger partial charge >= 0.3 is 0 Å². The van der Waals surface area contributed by atoms with Crippen molar-refractivity contribution in [1.29, 1.82) is 0 Å². The summed E-state index contributed by atoms with van der Waals surface area (Å²) in [6.07, 6.45) is 5.14. The molecule has 0 saturated carbocycles. The van der Waals surface area contributed by atoms with Gasteiger partial charge in [0.15, 0.2) is 11.5 Å².